The van der Waals surface area contributed by atoms with Crippen LogP contribution in [0, 0.1) is 0 Å². The van der Waals surface area contributed by atoms with Gasteiger partial charge >= 0.3 is 11.9 Å². The summed E-state index contributed by atoms with van der Waals surface area (Å²) in [6.45, 7) is 5.53. The van der Waals surface area contributed by atoms with E-state index in [-0.39, 0.29) is 23.8 Å². The average molecular weight is 235 g/mol. The lowest BCUT2D eigenvalue weighted by atomic mass is 10.2. The average Bonchev–Trinajstić information content (AvgIpc) is 2.19. The van der Waals surface area contributed by atoms with E-state index in [1.165, 1.54) is 0 Å². The third-order valence-corrected chi connectivity index (χ3v) is 1.98. The Bertz CT molecular complexity index is 271. The second-order valence-electron chi connectivity index (χ2n) is 2.59. The zero-order valence-electron chi connectivity index (χ0n) is 9.13. The molecule has 0 radical (unpaired) electrons. The van der Waals surface area contributed by atoms with Crippen molar-refractivity contribution < 1.29 is 19.1 Å². The van der Waals surface area contributed by atoms with Gasteiger partial charge in [0.1, 0.15) is 5.03 Å². The quantitative estimate of drug-likeness (QED) is 0.540. The molecule has 86 valence electrons. The van der Waals surface area contributed by atoms with Crippen LogP contribution in [0.4, 0.5) is 0 Å². The first-order valence-electron chi connectivity index (χ1n) is 4.81. The van der Waals surface area contributed by atoms with E-state index in [0.717, 1.165) is 0 Å². The van der Waals surface area contributed by atoms with E-state index in [4.69, 9.17) is 16.3 Å². The number of esters is 2. The van der Waals surface area contributed by atoms with Crippen molar-refractivity contribution in [3.63, 3.8) is 0 Å². The fraction of sp³-hybridized carbons (Fsp3) is 0.600. The maximum Gasteiger partial charge on any atom is 0.350 e. The molecular formula is C10H15ClO4. The molecule has 0 aliphatic carbocycles. The van der Waals surface area contributed by atoms with Gasteiger partial charge in [-0.05, 0) is 20.3 Å². The molecule has 0 bridgehead atoms. The highest BCUT2D eigenvalue weighted by Gasteiger charge is 2.19. The lowest BCUT2D eigenvalue weighted by Gasteiger charge is -2.07. The van der Waals surface area contributed by atoms with Gasteiger partial charge in [0.05, 0.1) is 18.8 Å². The van der Waals surface area contributed by atoms with Crippen LogP contribution >= 0.6 is 11.6 Å². The minimum atomic E-state index is -0.691. The third-order valence-electron chi connectivity index (χ3n) is 1.59. The molecule has 4 nitrogen and oxygen atoms in total. The van der Waals surface area contributed by atoms with Crippen LogP contribution in [0.2, 0.25) is 0 Å². The molecule has 0 aromatic carbocycles. The van der Waals surface area contributed by atoms with Gasteiger partial charge in [-0.3, -0.25) is 0 Å². The van der Waals surface area contributed by atoms with Gasteiger partial charge in [-0.1, -0.05) is 18.5 Å². The first-order chi connectivity index (χ1) is 7.08. The van der Waals surface area contributed by atoms with Crippen LogP contribution in [0.25, 0.3) is 0 Å². The Morgan fingerprint density at radius 3 is 1.87 bits per heavy atom. The topological polar surface area (TPSA) is 52.6 Å². The van der Waals surface area contributed by atoms with Crippen molar-refractivity contribution >= 4 is 23.5 Å². The Morgan fingerprint density at radius 2 is 1.47 bits per heavy atom. The zero-order chi connectivity index (χ0) is 11.8. The molecule has 0 aromatic heterocycles. The van der Waals surface area contributed by atoms with Crippen LogP contribution in [0.3, 0.4) is 0 Å². The standard InChI is InChI=1S/C10H15ClO4/c1-4-7(9(12)14-5-2)8(11)10(13)15-6-3/h4-6H2,1-3H3/b8-7+. The van der Waals surface area contributed by atoms with Crippen molar-refractivity contribution in [3.05, 3.63) is 10.6 Å². The Morgan fingerprint density at radius 1 is 1.00 bits per heavy atom. The summed E-state index contributed by atoms with van der Waals surface area (Å²) >= 11 is 5.71. The highest BCUT2D eigenvalue weighted by atomic mass is 35.5. The summed E-state index contributed by atoms with van der Waals surface area (Å²) in [5, 5.41) is -0.196. The number of ether oxygens (including phenoxy) is 2. The number of carbonyl (C=O) groups excluding carboxylic acids is 2. The summed E-state index contributed by atoms with van der Waals surface area (Å²) in [6.07, 6.45) is 0.330. The number of hydrogen-bond donors (Lipinski definition) is 0. The number of hydrogen-bond acceptors (Lipinski definition) is 4. The van der Waals surface area contributed by atoms with Gasteiger partial charge in [0, 0.05) is 0 Å². The van der Waals surface area contributed by atoms with Crippen LogP contribution < -0.4 is 0 Å². The van der Waals surface area contributed by atoms with Gasteiger partial charge in [0.15, 0.2) is 0 Å². The smallest absolute Gasteiger partial charge is 0.350 e. The van der Waals surface area contributed by atoms with Crippen LogP contribution in [-0.4, -0.2) is 25.2 Å². The predicted molar refractivity (Wildman–Crippen MR) is 56.4 cm³/mol. The van der Waals surface area contributed by atoms with E-state index in [0.29, 0.717) is 6.42 Å². The second kappa shape index (κ2) is 7.29. The maximum atomic E-state index is 11.4. The van der Waals surface area contributed by atoms with E-state index >= 15 is 0 Å². The van der Waals surface area contributed by atoms with Crippen LogP contribution in [0.1, 0.15) is 27.2 Å². The number of carbonyl (C=O) groups is 2. The summed E-state index contributed by atoms with van der Waals surface area (Å²) in [5.74, 6) is -1.26. The molecule has 5 heteroatoms. The third kappa shape index (κ3) is 4.34. The molecule has 0 saturated carbocycles. The van der Waals surface area contributed by atoms with Crippen molar-refractivity contribution in [1.82, 2.24) is 0 Å². The van der Waals surface area contributed by atoms with Crippen molar-refractivity contribution in [2.45, 2.75) is 27.2 Å². The molecule has 0 atom stereocenters. The Balaban J connectivity index is 4.80. The van der Waals surface area contributed by atoms with Gasteiger partial charge in [-0.2, -0.15) is 0 Å². The lowest BCUT2D eigenvalue weighted by molar-refractivity contribution is -0.141. The van der Waals surface area contributed by atoms with Gasteiger partial charge in [0.25, 0.3) is 0 Å². The molecule has 0 aliphatic heterocycles. The SMILES string of the molecule is CCOC(=O)/C(Cl)=C(/CC)C(=O)OCC. The summed E-state index contributed by atoms with van der Waals surface area (Å²) < 4.78 is 9.43. The van der Waals surface area contributed by atoms with E-state index in [1.54, 1.807) is 20.8 Å². The van der Waals surface area contributed by atoms with Crippen molar-refractivity contribution in [1.29, 1.82) is 0 Å². The van der Waals surface area contributed by atoms with Gasteiger partial charge in [-0.15, -0.1) is 0 Å². The van der Waals surface area contributed by atoms with E-state index in [1.807, 2.05) is 0 Å². The van der Waals surface area contributed by atoms with Crippen LogP contribution in [-0.2, 0) is 19.1 Å². The minimum Gasteiger partial charge on any atom is -0.463 e. The van der Waals surface area contributed by atoms with E-state index in [9.17, 15) is 9.59 Å². The number of halogens is 1. The fourth-order valence-electron chi connectivity index (χ4n) is 0.925. The molecular weight excluding hydrogens is 220 g/mol. The number of rotatable bonds is 5. The second-order valence-corrected chi connectivity index (χ2v) is 2.96. The largest absolute Gasteiger partial charge is 0.463 e. The van der Waals surface area contributed by atoms with E-state index < -0.39 is 11.9 Å². The normalized spacial score (nSPS) is 11.7. The molecule has 0 unspecified atom stereocenters. The molecule has 0 spiro atoms. The highest BCUT2D eigenvalue weighted by molar-refractivity contribution is 6.43. The molecule has 0 aliphatic rings. The van der Waals surface area contributed by atoms with Crippen LogP contribution in [0.15, 0.2) is 10.6 Å². The maximum absolute atomic E-state index is 11.4. The molecule has 0 rings (SSSR count). The van der Waals surface area contributed by atoms with Gasteiger partial charge in [-0.25, -0.2) is 9.59 Å². The predicted octanol–water partition coefficient (Wildman–Crippen LogP) is 2.02. The van der Waals surface area contributed by atoms with Gasteiger partial charge < -0.3 is 9.47 Å². The van der Waals surface area contributed by atoms with E-state index in [2.05, 4.69) is 4.74 Å². The Labute approximate surface area is 94.2 Å². The summed E-state index contributed by atoms with van der Waals surface area (Å²) in [7, 11) is 0. The monoisotopic (exact) mass is 234 g/mol. The summed E-state index contributed by atoms with van der Waals surface area (Å²) in [4.78, 5) is 22.6. The molecule has 0 heterocycles. The Kier molecular flexibility index (Phi) is 6.79. The fourth-order valence-corrected chi connectivity index (χ4v) is 1.19. The van der Waals surface area contributed by atoms with Gasteiger partial charge in [0.2, 0.25) is 0 Å². The molecule has 15 heavy (non-hydrogen) atoms. The Hall–Kier alpha value is -1.03. The first kappa shape index (κ1) is 14.0. The molecule has 0 saturated heterocycles. The zero-order valence-corrected chi connectivity index (χ0v) is 9.89. The van der Waals surface area contributed by atoms with Crippen LogP contribution in [0.5, 0.6) is 0 Å². The summed E-state index contributed by atoms with van der Waals surface area (Å²) in [6, 6.07) is 0. The lowest BCUT2D eigenvalue weighted by Crippen LogP contribution is -2.13. The minimum absolute atomic E-state index is 0.150. The first-order valence-corrected chi connectivity index (χ1v) is 5.19. The van der Waals surface area contributed by atoms with Crippen molar-refractivity contribution in [2.75, 3.05) is 13.2 Å². The summed E-state index contributed by atoms with van der Waals surface area (Å²) in [5.41, 5.74) is 0.150. The molecule has 0 fully saturated rings. The van der Waals surface area contributed by atoms with Crippen molar-refractivity contribution in [3.8, 4) is 0 Å². The van der Waals surface area contributed by atoms with Crippen molar-refractivity contribution in [2.24, 2.45) is 0 Å². The highest BCUT2D eigenvalue weighted by Crippen LogP contribution is 2.16. The molecule has 0 N–H and O–H groups in total. The molecule has 0 amide bonds. The molecule has 0 aromatic rings.